The Bertz CT molecular complexity index is 1280. The van der Waals surface area contributed by atoms with Crippen LogP contribution in [0.5, 0.6) is 11.6 Å². The Balaban J connectivity index is 1.99. The first kappa shape index (κ1) is 22.4. The van der Waals surface area contributed by atoms with Crippen LogP contribution in [0.1, 0.15) is 36.7 Å². The smallest absolute Gasteiger partial charge is 0.240 e. The van der Waals surface area contributed by atoms with E-state index in [1.807, 2.05) is 36.4 Å². The predicted molar refractivity (Wildman–Crippen MR) is 125 cm³/mol. The van der Waals surface area contributed by atoms with Gasteiger partial charge in [0.2, 0.25) is 5.88 Å². The van der Waals surface area contributed by atoms with Crippen LogP contribution in [0.25, 0.3) is 28.2 Å². The number of hydrogen-bond acceptors (Lipinski definition) is 6. The maximum atomic E-state index is 13.4. The van der Waals surface area contributed by atoms with Gasteiger partial charge in [0, 0.05) is 35.4 Å². The molecule has 0 radical (unpaired) electrons. The minimum Gasteiger partial charge on any atom is -0.503 e. The Morgan fingerprint density at radius 1 is 1.06 bits per heavy atom. The van der Waals surface area contributed by atoms with Crippen molar-refractivity contribution in [3.8, 4) is 39.8 Å². The van der Waals surface area contributed by atoms with E-state index in [1.54, 1.807) is 46.1 Å². The van der Waals surface area contributed by atoms with E-state index in [0.717, 1.165) is 11.1 Å². The van der Waals surface area contributed by atoms with Crippen molar-refractivity contribution >= 4 is 5.78 Å². The molecule has 0 saturated heterocycles. The van der Waals surface area contributed by atoms with Crippen molar-refractivity contribution in [1.82, 2.24) is 9.72 Å². The Hall–Kier alpha value is -3.84. The first-order chi connectivity index (χ1) is 15.7. The second kappa shape index (κ2) is 8.60. The average Bonchev–Trinajstić information content (AvgIpc) is 3.41. The predicted octanol–water partition coefficient (Wildman–Crippen LogP) is 5.59. The summed E-state index contributed by atoms with van der Waals surface area (Å²) in [5.41, 5.74) is 3.29. The third-order valence-electron chi connectivity index (χ3n) is 5.46. The van der Waals surface area contributed by atoms with Gasteiger partial charge in [-0.05, 0) is 17.7 Å². The van der Waals surface area contributed by atoms with Gasteiger partial charge in [-0.3, -0.25) is 9.36 Å². The number of nitrogens with zero attached hydrogens (tertiary/aromatic N) is 2. The maximum Gasteiger partial charge on any atom is 0.240 e. The normalized spacial score (nSPS) is 11.6. The van der Waals surface area contributed by atoms with Gasteiger partial charge in [-0.15, -0.1) is 0 Å². The highest BCUT2D eigenvalue weighted by Crippen LogP contribution is 2.46. The molecule has 170 valence electrons. The second-order valence-corrected chi connectivity index (χ2v) is 8.83. The molecular formula is C26H26N2O5. The number of rotatable bonds is 6. The fourth-order valence-corrected chi connectivity index (χ4v) is 3.82. The molecule has 0 bridgehead atoms. The van der Waals surface area contributed by atoms with Gasteiger partial charge in [0.15, 0.2) is 11.5 Å². The summed E-state index contributed by atoms with van der Waals surface area (Å²) in [6.45, 7) is 5.64. The molecule has 0 unspecified atom stereocenters. The topological polar surface area (TPSA) is 97.7 Å². The van der Waals surface area contributed by atoms with Crippen molar-refractivity contribution < 1.29 is 24.3 Å². The summed E-state index contributed by atoms with van der Waals surface area (Å²) in [5.74, 6) is -1.13. The lowest BCUT2D eigenvalue weighted by molar-refractivity contribution is 0.0856. The first-order valence-corrected chi connectivity index (χ1v) is 10.5. The van der Waals surface area contributed by atoms with Crippen molar-refractivity contribution in [2.45, 2.75) is 27.4 Å². The van der Waals surface area contributed by atoms with Crippen molar-refractivity contribution in [2.24, 2.45) is 5.41 Å². The van der Waals surface area contributed by atoms with Crippen LogP contribution in [-0.4, -0.2) is 32.8 Å². The van der Waals surface area contributed by atoms with E-state index in [4.69, 9.17) is 9.26 Å². The Morgan fingerprint density at radius 3 is 2.36 bits per heavy atom. The second-order valence-electron chi connectivity index (χ2n) is 8.83. The summed E-state index contributed by atoms with van der Waals surface area (Å²) in [7, 11) is 1.59. The van der Waals surface area contributed by atoms with Gasteiger partial charge >= 0.3 is 0 Å². The number of ether oxygens (including phenoxy) is 1. The van der Waals surface area contributed by atoms with E-state index in [-0.39, 0.29) is 11.3 Å². The average molecular weight is 447 g/mol. The summed E-state index contributed by atoms with van der Waals surface area (Å²) >= 11 is 0. The van der Waals surface area contributed by atoms with Crippen molar-refractivity contribution in [1.29, 1.82) is 0 Å². The first-order valence-electron chi connectivity index (χ1n) is 10.5. The zero-order chi connectivity index (χ0) is 23.8. The number of aromatic nitrogens is 2. The number of aromatic hydroxyl groups is 2. The molecule has 4 aromatic rings. The van der Waals surface area contributed by atoms with Crippen LogP contribution in [-0.2, 0) is 11.3 Å². The number of hydrogen-bond donors (Lipinski definition) is 2. The molecule has 0 spiro atoms. The molecule has 4 rings (SSSR count). The SMILES string of the molecule is COCc1ccccc1-c1c(C(=O)C(C)(C)C)c(O)c(O)n1-c1ccc(-c2ccon2)cc1. The zero-order valence-electron chi connectivity index (χ0n) is 19.0. The fourth-order valence-electron chi connectivity index (χ4n) is 3.82. The van der Waals surface area contributed by atoms with Crippen LogP contribution < -0.4 is 0 Å². The number of Topliss-reactive ketones (excluding diaryl/α,β-unsaturated/α-hetero) is 1. The van der Waals surface area contributed by atoms with E-state index >= 15 is 0 Å². The molecule has 0 atom stereocenters. The van der Waals surface area contributed by atoms with E-state index in [2.05, 4.69) is 5.16 Å². The molecule has 0 aliphatic carbocycles. The summed E-state index contributed by atoms with van der Waals surface area (Å²) in [4.78, 5) is 13.4. The van der Waals surface area contributed by atoms with Crippen LogP contribution in [0.15, 0.2) is 65.4 Å². The molecule has 0 aliphatic rings. The van der Waals surface area contributed by atoms with Gasteiger partial charge in [-0.1, -0.05) is 62.3 Å². The van der Waals surface area contributed by atoms with Gasteiger partial charge in [0.05, 0.1) is 17.9 Å². The van der Waals surface area contributed by atoms with Gasteiger partial charge in [0.25, 0.3) is 0 Å². The highest BCUT2D eigenvalue weighted by molar-refractivity contribution is 6.08. The lowest BCUT2D eigenvalue weighted by Gasteiger charge is -2.19. The van der Waals surface area contributed by atoms with Crippen LogP contribution in [0.2, 0.25) is 0 Å². The molecule has 2 aromatic heterocycles. The standard InChI is InChI=1S/C26H26N2O5/c1-26(2,3)24(30)21-22(19-8-6-5-7-17(19)15-32-4)28(25(31)23(21)29)18-11-9-16(10-12-18)20-13-14-33-27-20/h5-14,29,31H,15H2,1-4H3. The van der Waals surface area contributed by atoms with E-state index in [1.165, 1.54) is 10.8 Å². The van der Waals surface area contributed by atoms with Gasteiger partial charge in [-0.2, -0.15) is 0 Å². The lowest BCUT2D eigenvalue weighted by atomic mass is 9.85. The lowest BCUT2D eigenvalue weighted by Crippen LogP contribution is -2.21. The monoisotopic (exact) mass is 446 g/mol. The summed E-state index contributed by atoms with van der Waals surface area (Å²) in [5, 5.41) is 25.9. The van der Waals surface area contributed by atoms with Crippen molar-refractivity contribution in [2.75, 3.05) is 7.11 Å². The zero-order valence-corrected chi connectivity index (χ0v) is 19.0. The molecule has 33 heavy (non-hydrogen) atoms. The van der Waals surface area contributed by atoms with Gasteiger partial charge in [-0.25, -0.2) is 0 Å². The van der Waals surface area contributed by atoms with Crippen LogP contribution in [0.4, 0.5) is 0 Å². The van der Waals surface area contributed by atoms with E-state index in [9.17, 15) is 15.0 Å². The number of benzene rings is 2. The van der Waals surface area contributed by atoms with Crippen LogP contribution in [0.3, 0.4) is 0 Å². The molecule has 0 amide bonds. The molecule has 2 N–H and O–H groups in total. The van der Waals surface area contributed by atoms with Gasteiger partial charge < -0.3 is 19.5 Å². The van der Waals surface area contributed by atoms with E-state index in [0.29, 0.717) is 29.2 Å². The third kappa shape index (κ3) is 4.03. The minimum atomic E-state index is -0.780. The van der Waals surface area contributed by atoms with E-state index < -0.39 is 17.0 Å². The largest absolute Gasteiger partial charge is 0.503 e. The van der Waals surface area contributed by atoms with Crippen LogP contribution in [0, 0.1) is 5.41 Å². The molecule has 2 aromatic carbocycles. The summed E-state index contributed by atoms with van der Waals surface area (Å²) < 4.78 is 11.8. The number of ketones is 1. The third-order valence-corrected chi connectivity index (χ3v) is 5.46. The number of carbonyl (C=O) groups excluding carboxylic acids is 1. The highest BCUT2D eigenvalue weighted by Gasteiger charge is 2.35. The van der Waals surface area contributed by atoms with Crippen molar-refractivity contribution in [3.63, 3.8) is 0 Å². The fraction of sp³-hybridized carbons (Fsp3) is 0.231. The van der Waals surface area contributed by atoms with Crippen LogP contribution >= 0.6 is 0 Å². The molecular weight excluding hydrogens is 420 g/mol. The van der Waals surface area contributed by atoms with Crippen molar-refractivity contribution in [3.05, 3.63) is 72.0 Å². The van der Waals surface area contributed by atoms with Gasteiger partial charge in [0.1, 0.15) is 12.0 Å². The number of methoxy groups -OCH3 is 1. The molecule has 7 nitrogen and oxygen atoms in total. The molecule has 7 heteroatoms. The minimum absolute atomic E-state index is 0.0733. The Kier molecular flexibility index (Phi) is 5.82. The summed E-state index contributed by atoms with van der Waals surface area (Å²) in [6.07, 6.45) is 1.49. The Morgan fingerprint density at radius 2 is 1.76 bits per heavy atom. The molecule has 0 aliphatic heterocycles. The quantitative estimate of drug-likeness (QED) is 0.375. The Labute approximate surface area is 191 Å². The molecule has 0 fully saturated rings. The molecule has 0 saturated carbocycles. The number of carbonyl (C=O) groups is 1. The maximum absolute atomic E-state index is 13.4. The molecule has 2 heterocycles. The summed E-state index contributed by atoms with van der Waals surface area (Å²) in [6, 6.07) is 16.5. The highest BCUT2D eigenvalue weighted by atomic mass is 16.5.